The Labute approximate surface area is 195 Å². The highest BCUT2D eigenvalue weighted by Crippen LogP contribution is 2.29. The molecule has 1 aromatic carbocycles. The number of pyridine rings is 2. The van der Waals surface area contributed by atoms with Gasteiger partial charge < -0.3 is 10.6 Å². The summed E-state index contributed by atoms with van der Waals surface area (Å²) >= 11 is 0. The lowest BCUT2D eigenvalue weighted by molar-refractivity contribution is 0.0959. The molecule has 9 heteroatoms. The maximum absolute atomic E-state index is 13.8. The van der Waals surface area contributed by atoms with Crippen LogP contribution < -0.4 is 10.6 Å². The van der Waals surface area contributed by atoms with E-state index in [1.54, 1.807) is 30.5 Å². The third-order valence-corrected chi connectivity index (χ3v) is 5.28. The van der Waals surface area contributed by atoms with E-state index < -0.39 is 29.1 Å². The van der Waals surface area contributed by atoms with Crippen molar-refractivity contribution in [2.24, 2.45) is 0 Å². The standard InChI is InChI=1S/C24H20F2N4O2.ClH/c1-14-10-12-28-22(23(31)18-7-2-3-11-27-18)20(14)15-8-9-19(29-13-15)30-24(32)21-16(25)5-4-6-17(21)26;/h2-9,11,13,22,28H,10,12H2,1H3,(H,29,30,32);1H. The number of rotatable bonds is 5. The third-order valence-electron chi connectivity index (χ3n) is 5.28. The average Bonchev–Trinajstić information content (AvgIpc) is 2.79. The molecule has 170 valence electrons. The van der Waals surface area contributed by atoms with E-state index in [9.17, 15) is 18.4 Å². The van der Waals surface area contributed by atoms with Gasteiger partial charge in [0.05, 0.1) is 6.04 Å². The van der Waals surface area contributed by atoms with Gasteiger partial charge >= 0.3 is 0 Å². The van der Waals surface area contributed by atoms with Crippen LogP contribution in [0.5, 0.6) is 0 Å². The number of benzene rings is 1. The van der Waals surface area contributed by atoms with Gasteiger partial charge in [0.15, 0.2) is 0 Å². The molecule has 0 aliphatic carbocycles. The molecule has 0 saturated carbocycles. The van der Waals surface area contributed by atoms with Crippen LogP contribution in [0.3, 0.4) is 0 Å². The lowest BCUT2D eigenvalue weighted by atomic mass is 9.87. The quantitative estimate of drug-likeness (QED) is 0.538. The second-order valence-corrected chi connectivity index (χ2v) is 7.39. The van der Waals surface area contributed by atoms with Gasteiger partial charge in [-0.05, 0) is 67.4 Å². The van der Waals surface area contributed by atoms with Crippen molar-refractivity contribution in [1.82, 2.24) is 15.3 Å². The maximum Gasteiger partial charge on any atom is 0.262 e. The number of amides is 1. The SMILES string of the molecule is CC1=C(c2ccc(NC(=O)c3c(F)cccc3F)nc2)C(C(=O)c2ccccn2)NCC1.Cl. The van der Waals surface area contributed by atoms with Crippen LogP contribution in [0, 0.1) is 11.6 Å². The largest absolute Gasteiger partial charge is 0.306 e. The molecule has 0 radical (unpaired) electrons. The highest BCUT2D eigenvalue weighted by atomic mass is 35.5. The van der Waals surface area contributed by atoms with Gasteiger partial charge in [-0.3, -0.25) is 14.6 Å². The van der Waals surface area contributed by atoms with Crippen LogP contribution in [-0.4, -0.2) is 34.2 Å². The molecule has 0 fully saturated rings. The van der Waals surface area contributed by atoms with E-state index in [2.05, 4.69) is 20.6 Å². The van der Waals surface area contributed by atoms with E-state index in [1.165, 1.54) is 18.3 Å². The van der Waals surface area contributed by atoms with Gasteiger partial charge in [0.2, 0.25) is 5.78 Å². The molecule has 1 atom stereocenters. The van der Waals surface area contributed by atoms with Gasteiger partial charge in [-0.2, -0.15) is 0 Å². The highest BCUT2D eigenvalue weighted by Gasteiger charge is 2.30. The third kappa shape index (κ3) is 5.13. The number of anilines is 1. The van der Waals surface area contributed by atoms with Crippen LogP contribution in [0.15, 0.2) is 66.5 Å². The minimum absolute atomic E-state index is 0. The Kier molecular flexibility index (Phi) is 7.63. The number of hydrogen-bond donors (Lipinski definition) is 2. The molecule has 3 heterocycles. The maximum atomic E-state index is 13.8. The van der Waals surface area contributed by atoms with E-state index in [-0.39, 0.29) is 24.0 Å². The predicted octanol–water partition coefficient (Wildman–Crippen LogP) is 4.45. The number of nitrogens with one attached hydrogen (secondary N) is 2. The number of ketones is 1. The minimum atomic E-state index is -0.955. The Hall–Kier alpha value is -3.49. The van der Waals surface area contributed by atoms with Crippen molar-refractivity contribution in [3.05, 3.63) is 95.0 Å². The van der Waals surface area contributed by atoms with E-state index in [0.717, 1.165) is 29.7 Å². The van der Waals surface area contributed by atoms with E-state index >= 15 is 0 Å². The van der Waals surface area contributed by atoms with Crippen LogP contribution in [0.25, 0.3) is 5.57 Å². The van der Waals surface area contributed by atoms with Gasteiger partial charge in [-0.15, -0.1) is 12.4 Å². The number of aromatic nitrogens is 2. The van der Waals surface area contributed by atoms with E-state index in [1.807, 2.05) is 6.92 Å². The summed E-state index contributed by atoms with van der Waals surface area (Å²) in [5, 5.41) is 5.65. The van der Waals surface area contributed by atoms with Crippen LogP contribution in [-0.2, 0) is 0 Å². The van der Waals surface area contributed by atoms with Gasteiger partial charge in [0.25, 0.3) is 5.91 Å². The van der Waals surface area contributed by atoms with Crippen LogP contribution >= 0.6 is 12.4 Å². The molecule has 1 amide bonds. The van der Waals surface area contributed by atoms with Crippen LogP contribution in [0.4, 0.5) is 14.6 Å². The first-order valence-electron chi connectivity index (χ1n) is 10.1. The molecule has 33 heavy (non-hydrogen) atoms. The summed E-state index contributed by atoms with van der Waals surface area (Å²) in [6.07, 6.45) is 3.87. The van der Waals surface area contributed by atoms with Crippen molar-refractivity contribution < 1.29 is 18.4 Å². The molecular weight excluding hydrogens is 450 g/mol. The molecule has 3 aromatic rings. The molecule has 2 N–H and O–H groups in total. The van der Waals surface area contributed by atoms with Crippen molar-refractivity contribution in [2.45, 2.75) is 19.4 Å². The van der Waals surface area contributed by atoms with Crippen molar-refractivity contribution >= 4 is 35.5 Å². The number of hydrogen-bond acceptors (Lipinski definition) is 5. The topological polar surface area (TPSA) is 84.0 Å². The summed E-state index contributed by atoms with van der Waals surface area (Å²) in [6.45, 7) is 2.62. The van der Waals surface area contributed by atoms with E-state index in [4.69, 9.17) is 0 Å². The fraction of sp³-hybridized carbons (Fsp3) is 0.167. The average molecular weight is 471 g/mol. The normalized spacial score (nSPS) is 15.5. The van der Waals surface area contributed by atoms with Gasteiger partial charge in [-0.1, -0.05) is 17.7 Å². The monoisotopic (exact) mass is 470 g/mol. The number of Topliss-reactive ketones (excluding diaryl/α,β-unsaturated/α-hetero) is 1. The summed E-state index contributed by atoms with van der Waals surface area (Å²) in [5.41, 5.74) is 2.25. The zero-order valence-electron chi connectivity index (χ0n) is 17.6. The van der Waals surface area contributed by atoms with Crippen molar-refractivity contribution in [1.29, 1.82) is 0 Å². The first-order valence-corrected chi connectivity index (χ1v) is 10.1. The molecule has 1 aliphatic heterocycles. The first-order chi connectivity index (χ1) is 15.5. The summed E-state index contributed by atoms with van der Waals surface area (Å²) in [5.74, 6) is -2.85. The second kappa shape index (κ2) is 10.4. The van der Waals surface area contributed by atoms with Crippen LogP contribution in [0.1, 0.15) is 39.8 Å². The predicted molar refractivity (Wildman–Crippen MR) is 123 cm³/mol. The molecule has 2 aromatic heterocycles. The van der Waals surface area contributed by atoms with Gasteiger partial charge in [0, 0.05) is 12.4 Å². The number of nitrogens with zero attached hydrogens (tertiary/aromatic N) is 2. The summed E-state index contributed by atoms with van der Waals surface area (Å²) in [6, 6.07) is 11.1. The fourth-order valence-electron chi connectivity index (χ4n) is 3.70. The van der Waals surface area contributed by atoms with E-state index in [0.29, 0.717) is 17.8 Å². The van der Waals surface area contributed by atoms with Gasteiger partial charge in [-0.25, -0.2) is 13.8 Å². The lowest BCUT2D eigenvalue weighted by Crippen LogP contribution is -2.42. The lowest BCUT2D eigenvalue weighted by Gasteiger charge is -2.28. The molecule has 0 saturated heterocycles. The summed E-state index contributed by atoms with van der Waals surface area (Å²) in [7, 11) is 0. The number of carbonyl (C=O) groups excluding carboxylic acids is 2. The minimum Gasteiger partial charge on any atom is -0.306 e. The molecule has 6 nitrogen and oxygen atoms in total. The van der Waals surface area contributed by atoms with Crippen molar-refractivity contribution in [3.63, 3.8) is 0 Å². The molecule has 0 bridgehead atoms. The Bertz CT molecular complexity index is 1180. The smallest absolute Gasteiger partial charge is 0.262 e. The molecule has 1 unspecified atom stereocenters. The Morgan fingerprint density at radius 2 is 1.79 bits per heavy atom. The Morgan fingerprint density at radius 3 is 2.42 bits per heavy atom. The summed E-state index contributed by atoms with van der Waals surface area (Å²) < 4.78 is 27.7. The zero-order valence-corrected chi connectivity index (χ0v) is 18.5. The Balaban J connectivity index is 0.00000306. The second-order valence-electron chi connectivity index (χ2n) is 7.39. The van der Waals surface area contributed by atoms with Crippen molar-refractivity contribution in [3.8, 4) is 0 Å². The fourth-order valence-corrected chi connectivity index (χ4v) is 3.70. The molecular formula is C24H21ClF2N4O2. The van der Waals surface area contributed by atoms with Crippen LogP contribution in [0.2, 0.25) is 0 Å². The molecule has 0 spiro atoms. The number of carbonyl (C=O) groups is 2. The highest BCUT2D eigenvalue weighted by molar-refractivity contribution is 6.07. The molecule has 1 aliphatic rings. The Morgan fingerprint density at radius 1 is 1.03 bits per heavy atom. The number of halogens is 3. The zero-order chi connectivity index (χ0) is 22.7. The first kappa shape index (κ1) is 24.2. The van der Waals surface area contributed by atoms with Gasteiger partial charge in [0.1, 0.15) is 28.7 Å². The summed E-state index contributed by atoms with van der Waals surface area (Å²) in [4.78, 5) is 33.7. The molecule has 4 rings (SSSR count). The van der Waals surface area contributed by atoms with Crippen molar-refractivity contribution in [2.75, 3.05) is 11.9 Å².